The third-order valence-electron chi connectivity index (χ3n) is 5.51. The highest BCUT2D eigenvalue weighted by atomic mass is 16.6. The van der Waals surface area contributed by atoms with Crippen molar-refractivity contribution >= 4 is 11.6 Å². The minimum atomic E-state index is -0.400. The molecule has 29 heavy (non-hydrogen) atoms. The van der Waals surface area contributed by atoms with Crippen molar-refractivity contribution in [2.24, 2.45) is 0 Å². The maximum absolute atomic E-state index is 12.7. The van der Waals surface area contributed by atoms with Gasteiger partial charge in [-0.15, -0.1) is 0 Å². The number of nitrogens with zero attached hydrogens (tertiary/aromatic N) is 3. The van der Waals surface area contributed by atoms with E-state index < -0.39 is 4.92 Å². The Morgan fingerprint density at radius 2 is 1.93 bits per heavy atom. The van der Waals surface area contributed by atoms with Crippen LogP contribution < -0.4 is 5.32 Å². The molecule has 0 aliphatic heterocycles. The van der Waals surface area contributed by atoms with Gasteiger partial charge < -0.3 is 5.32 Å². The fourth-order valence-electron chi connectivity index (χ4n) is 3.99. The number of fused-ring (bicyclic) bond motifs is 1. The first-order chi connectivity index (χ1) is 13.9. The molecule has 0 saturated carbocycles. The molecule has 2 aromatic carbocycles. The number of amides is 1. The van der Waals surface area contributed by atoms with Crippen LogP contribution >= 0.6 is 0 Å². The molecular weight excluding hydrogens is 368 g/mol. The molecule has 0 radical (unpaired) electrons. The lowest BCUT2D eigenvalue weighted by Gasteiger charge is -2.14. The summed E-state index contributed by atoms with van der Waals surface area (Å²) in [6.07, 6.45) is 1.90. The molecule has 7 heteroatoms. The molecule has 0 saturated heterocycles. The number of benzene rings is 2. The molecule has 1 heterocycles. The first-order valence-corrected chi connectivity index (χ1v) is 9.60. The van der Waals surface area contributed by atoms with Gasteiger partial charge in [-0.3, -0.25) is 19.6 Å². The van der Waals surface area contributed by atoms with E-state index >= 15 is 0 Å². The van der Waals surface area contributed by atoms with Crippen molar-refractivity contribution in [1.82, 2.24) is 15.1 Å². The van der Waals surface area contributed by atoms with E-state index in [2.05, 4.69) is 22.5 Å². The minimum Gasteiger partial charge on any atom is -0.345 e. The van der Waals surface area contributed by atoms with Crippen LogP contribution in [0.1, 0.15) is 50.9 Å². The highest BCUT2D eigenvalue weighted by molar-refractivity contribution is 5.94. The molecule has 7 nitrogen and oxygen atoms in total. The van der Waals surface area contributed by atoms with Crippen LogP contribution in [0.4, 0.5) is 5.69 Å². The molecule has 1 atom stereocenters. The molecule has 1 aliphatic rings. The number of aryl methyl sites for hydroxylation is 2. The summed E-state index contributed by atoms with van der Waals surface area (Å²) in [5.74, 6) is -0.0972. The highest BCUT2D eigenvalue weighted by Gasteiger charge is 2.24. The zero-order chi connectivity index (χ0) is 20.5. The molecule has 1 amide bonds. The second kappa shape index (κ2) is 7.50. The van der Waals surface area contributed by atoms with E-state index in [0.29, 0.717) is 23.5 Å². The zero-order valence-corrected chi connectivity index (χ0v) is 16.4. The molecule has 0 bridgehead atoms. The number of hydrogen-bond donors (Lipinski definition) is 1. The summed E-state index contributed by atoms with van der Waals surface area (Å²) in [6.45, 7) is 3.74. The maximum Gasteiger partial charge on any atom is 0.312 e. The summed E-state index contributed by atoms with van der Waals surface area (Å²) in [6, 6.07) is 15.6. The van der Waals surface area contributed by atoms with Gasteiger partial charge in [-0.25, -0.2) is 0 Å². The summed E-state index contributed by atoms with van der Waals surface area (Å²) in [5, 5.41) is 18.5. The van der Waals surface area contributed by atoms with E-state index in [-0.39, 0.29) is 17.6 Å². The summed E-state index contributed by atoms with van der Waals surface area (Å²) in [4.78, 5) is 23.4. The van der Waals surface area contributed by atoms with Gasteiger partial charge in [-0.05, 0) is 55.5 Å². The van der Waals surface area contributed by atoms with Crippen LogP contribution in [0.5, 0.6) is 0 Å². The Bertz CT molecular complexity index is 1090. The summed E-state index contributed by atoms with van der Waals surface area (Å²) >= 11 is 0. The smallest absolute Gasteiger partial charge is 0.312 e. The van der Waals surface area contributed by atoms with Gasteiger partial charge >= 0.3 is 5.69 Å². The molecule has 0 fully saturated rings. The molecule has 1 aliphatic carbocycles. The first kappa shape index (κ1) is 18.9. The van der Waals surface area contributed by atoms with Crippen LogP contribution in [-0.2, 0) is 13.0 Å². The molecule has 1 aromatic heterocycles. The molecule has 0 spiro atoms. The van der Waals surface area contributed by atoms with Crippen LogP contribution in [0.25, 0.3) is 0 Å². The third kappa shape index (κ3) is 3.63. The molecular formula is C22H22N4O3. The maximum atomic E-state index is 12.7. The molecule has 148 valence electrons. The lowest BCUT2D eigenvalue weighted by Crippen LogP contribution is -2.27. The number of nitrogens with one attached hydrogen (secondary N) is 1. The van der Waals surface area contributed by atoms with E-state index in [1.165, 1.54) is 11.1 Å². The van der Waals surface area contributed by atoms with Crippen molar-refractivity contribution in [2.75, 3.05) is 0 Å². The predicted octanol–water partition coefficient (Wildman–Crippen LogP) is 3.87. The standard InChI is InChI=1S/C22H22N4O3/c1-14-21(26(28)29)15(2)25(24-14)13-16-7-9-18(10-8-16)22(27)23-20-12-11-17-5-3-4-6-19(17)20/h3-10,20H,11-13H2,1-2H3,(H,23,27). The number of aromatic nitrogens is 2. The number of hydrogen-bond acceptors (Lipinski definition) is 4. The zero-order valence-electron chi connectivity index (χ0n) is 16.4. The molecule has 4 rings (SSSR count). The van der Waals surface area contributed by atoms with E-state index in [1.54, 1.807) is 30.7 Å². The van der Waals surface area contributed by atoms with Gasteiger partial charge in [0.25, 0.3) is 5.91 Å². The minimum absolute atomic E-state index is 0.0497. The van der Waals surface area contributed by atoms with Gasteiger partial charge in [-0.2, -0.15) is 5.10 Å². The van der Waals surface area contributed by atoms with Crippen molar-refractivity contribution < 1.29 is 9.72 Å². The average molecular weight is 390 g/mol. The second-order valence-corrected chi connectivity index (χ2v) is 7.39. The summed E-state index contributed by atoms with van der Waals surface area (Å²) in [7, 11) is 0. The number of carbonyl (C=O) groups excluding carboxylic acids is 1. The normalized spacial score (nSPS) is 15.2. The van der Waals surface area contributed by atoms with Crippen LogP contribution in [-0.4, -0.2) is 20.6 Å². The Kier molecular flexibility index (Phi) is 4.88. The van der Waals surface area contributed by atoms with Gasteiger partial charge in [0, 0.05) is 5.56 Å². The average Bonchev–Trinajstić information content (AvgIpc) is 3.23. The monoisotopic (exact) mass is 390 g/mol. The Balaban J connectivity index is 1.45. The first-order valence-electron chi connectivity index (χ1n) is 9.60. The van der Waals surface area contributed by atoms with Gasteiger partial charge in [0.1, 0.15) is 11.4 Å². The van der Waals surface area contributed by atoms with Gasteiger partial charge in [0.15, 0.2) is 0 Å². The largest absolute Gasteiger partial charge is 0.345 e. The SMILES string of the molecule is Cc1nn(Cc2ccc(C(=O)NC3CCc4ccccc43)cc2)c(C)c1[N+](=O)[O-]. The lowest BCUT2D eigenvalue weighted by molar-refractivity contribution is -0.386. The van der Waals surface area contributed by atoms with Crippen LogP contribution in [0.15, 0.2) is 48.5 Å². The van der Waals surface area contributed by atoms with Gasteiger partial charge in [0.2, 0.25) is 0 Å². The van der Waals surface area contributed by atoms with E-state index in [4.69, 9.17) is 0 Å². The fourth-order valence-corrected chi connectivity index (χ4v) is 3.99. The number of rotatable bonds is 5. The van der Waals surface area contributed by atoms with E-state index in [9.17, 15) is 14.9 Å². The van der Waals surface area contributed by atoms with Crippen molar-refractivity contribution in [1.29, 1.82) is 0 Å². The molecule has 1 N–H and O–H groups in total. The fraction of sp³-hybridized carbons (Fsp3) is 0.273. The van der Waals surface area contributed by atoms with Crippen molar-refractivity contribution in [2.45, 2.75) is 39.3 Å². The Morgan fingerprint density at radius 3 is 2.62 bits per heavy atom. The predicted molar refractivity (Wildman–Crippen MR) is 109 cm³/mol. The Morgan fingerprint density at radius 1 is 1.21 bits per heavy atom. The van der Waals surface area contributed by atoms with Gasteiger partial charge in [-0.1, -0.05) is 36.4 Å². The quantitative estimate of drug-likeness (QED) is 0.529. The molecule has 1 unspecified atom stereocenters. The Labute approximate surface area is 168 Å². The van der Waals surface area contributed by atoms with Crippen molar-refractivity contribution in [3.63, 3.8) is 0 Å². The van der Waals surface area contributed by atoms with Crippen molar-refractivity contribution in [3.05, 3.63) is 92.3 Å². The summed E-state index contributed by atoms with van der Waals surface area (Å²) < 4.78 is 1.62. The topological polar surface area (TPSA) is 90.1 Å². The van der Waals surface area contributed by atoms with Crippen LogP contribution in [0, 0.1) is 24.0 Å². The third-order valence-corrected chi connectivity index (χ3v) is 5.51. The van der Waals surface area contributed by atoms with Crippen LogP contribution in [0.3, 0.4) is 0 Å². The molecule has 3 aromatic rings. The second-order valence-electron chi connectivity index (χ2n) is 7.39. The van der Waals surface area contributed by atoms with Crippen LogP contribution in [0.2, 0.25) is 0 Å². The van der Waals surface area contributed by atoms with E-state index in [0.717, 1.165) is 18.4 Å². The number of carbonyl (C=O) groups is 1. The van der Waals surface area contributed by atoms with Gasteiger partial charge in [0.05, 0.1) is 17.5 Å². The summed E-state index contributed by atoms with van der Waals surface area (Å²) in [5.41, 5.74) is 4.99. The highest BCUT2D eigenvalue weighted by Crippen LogP contribution is 2.31. The Hall–Kier alpha value is -3.48. The number of nitro groups is 1. The van der Waals surface area contributed by atoms with Crippen molar-refractivity contribution in [3.8, 4) is 0 Å². The lowest BCUT2D eigenvalue weighted by atomic mass is 10.1. The van der Waals surface area contributed by atoms with E-state index in [1.807, 2.05) is 24.3 Å².